The molecular weight excluding hydrogens is 346 g/mol. The second kappa shape index (κ2) is 8.35. The summed E-state index contributed by atoms with van der Waals surface area (Å²) in [5, 5.41) is 8.05. The summed E-state index contributed by atoms with van der Waals surface area (Å²) in [7, 11) is 3.21. The topological polar surface area (TPSA) is 77.7 Å². The molecule has 0 unspecified atom stereocenters. The number of likely N-dealkylation sites (N-methyl/N-ethyl adjacent to an activating group) is 1. The maximum Gasteiger partial charge on any atom is 0.260 e. The summed E-state index contributed by atoms with van der Waals surface area (Å²) in [6.07, 6.45) is 0. The van der Waals surface area contributed by atoms with Gasteiger partial charge in [0.2, 0.25) is 11.8 Å². The molecule has 7 heteroatoms. The Labute approximate surface area is 157 Å². The Balaban J connectivity index is 1.57. The minimum atomic E-state index is -0.212. The highest BCUT2D eigenvalue weighted by Gasteiger charge is 2.16. The number of carbonyl (C=O) groups excluding carboxylic acids is 1. The number of hydrogen-bond acceptors (Lipinski definition) is 6. The second-order valence-electron chi connectivity index (χ2n) is 6.06. The van der Waals surface area contributed by atoms with E-state index in [2.05, 4.69) is 10.2 Å². The molecule has 3 aromatic rings. The fourth-order valence-electron chi connectivity index (χ4n) is 2.41. The molecule has 0 aliphatic heterocycles. The summed E-state index contributed by atoms with van der Waals surface area (Å²) in [5.74, 6) is 1.67. The molecule has 0 N–H and O–H groups in total. The van der Waals surface area contributed by atoms with Crippen LogP contribution >= 0.6 is 0 Å². The van der Waals surface area contributed by atoms with Crippen molar-refractivity contribution in [1.82, 2.24) is 15.1 Å². The van der Waals surface area contributed by atoms with E-state index in [1.807, 2.05) is 43.3 Å². The van der Waals surface area contributed by atoms with Gasteiger partial charge in [0.25, 0.3) is 5.91 Å². The third-order valence-corrected chi connectivity index (χ3v) is 3.98. The Morgan fingerprint density at radius 1 is 1.07 bits per heavy atom. The van der Waals surface area contributed by atoms with Gasteiger partial charge >= 0.3 is 0 Å². The van der Waals surface area contributed by atoms with Crippen LogP contribution in [0.5, 0.6) is 11.5 Å². The summed E-state index contributed by atoms with van der Waals surface area (Å²) < 4.78 is 16.4. The first-order chi connectivity index (χ1) is 13.1. The van der Waals surface area contributed by atoms with Crippen molar-refractivity contribution in [2.45, 2.75) is 13.5 Å². The Morgan fingerprint density at radius 3 is 2.48 bits per heavy atom. The number of benzene rings is 2. The monoisotopic (exact) mass is 367 g/mol. The molecule has 0 aliphatic carbocycles. The maximum atomic E-state index is 12.3. The van der Waals surface area contributed by atoms with Gasteiger partial charge in [-0.2, -0.15) is 0 Å². The minimum Gasteiger partial charge on any atom is -0.493 e. The molecule has 0 saturated heterocycles. The zero-order valence-electron chi connectivity index (χ0n) is 15.5. The highest BCUT2D eigenvalue weighted by molar-refractivity contribution is 5.77. The Kier molecular flexibility index (Phi) is 5.71. The lowest BCUT2D eigenvalue weighted by Gasteiger charge is -2.16. The van der Waals surface area contributed by atoms with E-state index >= 15 is 0 Å². The van der Waals surface area contributed by atoms with Crippen molar-refractivity contribution < 1.29 is 18.7 Å². The van der Waals surface area contributed by atoms with Crippen LogP contribution in [0.25, 0.3) is 11.5 Å². The summed E-state index contributed by atoms with van der Waals surface area (Å²) in [6.45, 7) is 2.10. The highest BCUT2D eigenvalue weighted by Crippen LogP contribution is 2.25. The first-order valence-corrected chi connectivity index (χ1v) is 8.46. The SMILES string of the molecule is COc1ccccc1OCC(=O)N(C)Cc1nnc(-c2ccc(C)cc2)o1. The molecule has 3 rings (SSSR count). The van der Waals surface area contributed by atoms with Crippen LogP contribution in [0.2, 0.25) is 0 Å². The van der Waals surface area contributed by atoms with Crippen molar-refractivity contribution in [1.29, 1.82) is 0 Å². The van der Waals surface area contributed by atoms with Crippen LogP contribution in [0.4, 0.5) is 0 Å². The quantitative estimate of drug-likeness (QED) is 0.639. The third-order valence-electron chi connectivity index (χ3n) is 3.98. The minimum absolute atomic E-state index is 0.115. The summed E-state index contributed by atoms with van der Waals surface area (Å²) in [4.78, 5) is 13.8. The zero-order chi connectivity index (χ0) is 19.2. The summed E-state index contributed by atoms with van der Waals surface area (Å²) in [5.41, 5.74) is 1.99. The number of hydrogen-bond donors (Lipinski definition) is 0. The van der Waals surface area contributed by atoms with Gasteiger partial charge in [0.15, 0.2) is 18.1 Å². The van der Waals surface area contributed by atoms with E-state index in [9.17, 15) is 4.79 Å². The first-order valence-electron chi connectivity index (χ1n) is 8.46. The van der Waals surface area contributed by atoms with Crippen molar-refractivity contribution in [2.24, 2.45) is 0 Å². The van der Waals surface area contributed by atoms with E-state index in [1.54, 1.807) is 26.3 Å². The van der Waals surface area contributed by atoms with Gasteiger partial charge in [-0.25, -0.2) is 0 Å². The van der Waals surface area contributed by atoms with Gasteiger partial charge < -0.3 is 18.8 Å². The van der Waals surface area contributed by atoms with E-state index in [0.717, 1.165) is 11.1 Å². The van der Waals surface area contributed by atoms with Crippen LogP contribution in [0.3, 0.4) is 0 Å². The van der Waals surface area contributed by atoms with Crippen molar-refractivity contribution in [3.8, 4) is 23.0 Å². The number of aryl methyl sites for hydroxylation is 1. The van der Waals surface area contributed by atoms with Crippen LogP contribution in [0.1, 0.15) is 11.5 Å². The number of aromatic nitrogens is 2. The van der Waals surface area contributed by atoms with Gasteiger partial charge in [-0.15, -0.1) is 10.2 Å². The number of nitrogens with zero attached hydrogens (tertiary/aromatic N) is 3. The molecule has 0 fully saturated rings. The van der Waals surface area contributed by atoms with Crippen LogP contribution in [0, 0.1) is 6.92 Å². The van der Waals surface area contributed by atoms with Gasteiger partial charge in [-0.1, -0.05) is 29.8 Å². The first kappa shape index (κ1) is 18.4. The van der Waals surface area contributed by atoms with Gasteiger partial charge in [0.05, 0.1) is 13.7 Å². The molecule has 27 heavy (non-hydrogen) atoms. The lowest BCUT2D eigenvalue weighted by molar-refractivity contribution is -0.132. The number of methoxy groups -OCH3 is 1. The molecule has 140 valence electrons. The average molecular weight is 367 g/mol. The Bertz CT molecular complexity index is 906. The normalized spacial score (nSPS) is 10.5. The van der Waals surface area contributed by atoms with Crippen LogP contribution < -0.4 is 9.47 Å². The van der Waals surface area contributed by atoms with Crippen LogP contribution in [0.15, 0.2) is 52.9 Å². The fraction of sp³-hybridized carbons (Fsp3) is 0.250. The van der Waals surface area contributed by atoms with E-state index in [4.69, 9.17) is 13.9 Å². The van der Waals surface area contributed by atoms with Crippen molar-refractivity contribution >= 4 is 5.91 Å². The van der Waals surface area contributed by atoms with Crippen LogP contribution in [-0.2, 0) is 11.3 Å². The number of carbonyl (C=O) groups is 1. The summed E-state index contributed by atoms with van der Waals surface area (Å²) >= 11 is 0. The van der Waals surface area contributed by atoms with E-state index in [-0.39, 0.29) is 19.1 Å². The molecule has 0 radical (unpaired) electrons. The smallest absolute Gasteiger partial charge is 0.260 e. The molecule has 0 atom stereocenters. The Morgan fingerprint density at radius 2 is 1.78 bits per heavy atom. The van der Waals surface area contributed by atoms with Crippen LogP contribution in [-0.4, -0.2) is 41.8 Å². The van der Waals surface area contributed by atoms with E-state index < -0.39 is 0 Å². The number of ether oxygens (including phenoxy) is 2. The number of amides is 1. The second-order valence-corrected chi connectivity index (χ2v) is 6.06. The summed E-state index contributed by atoms with van der Waals surface area (Å²) in [6, 6.07) is 15.0. The van der Waals surface area contributed by atoms with Crippen molar-refractivity contribution in [3.63, 3.8) is 0 Å². The molecule has 7 nitrogen and oxygen atoms in total. The predicted molar refractivity (Wildman–Crippen MR) is 99.4 cm³/mol. The Hall–Kier alpha value is -3.35. The molecule has 1 heterocycles. The molecule has 1 amide bonds. The van der Waals surface area contributed by atoms with E-state index in [0.29, 0.717) is 23.3 Å². The van der Waals surface area contributed by atoms with Gasteiger partial charge in [-0.05, 0) is 31.2 Å². The van der Waals surface area contributed by atoms with Crippen molar-refractivity contribution in [3.05, 3.63) is 60.0 Å². The largest absolute Gasteiger partial charge is 0.493 e. The highest BCUT2D eigenvalue weighted by atomic mass is 16.5. The molecule has 2 aromatic carbocycles. The van der Waals surface area contributed by atoms with Crippen molar-refractivity contribution in [2.75, 3.05) is 20.8 Å². The number of rotatable bonds is 7. The molecular formula is C20H21N3O4. The number of para-hydroxylation sites is 2. The molecule has 0 bridgehead atoms. The standard InChI is InChI=1S/C20H21N3O4/c1-14-8-10-15(11-9-14)20-22-21-18(27-20)12-23(2)19(24)13-26-17-7-5-4-6-16(17)25-3/h4-11H,12-13H2,1-3H3. The maximum absolute atomic E-state index is 12.3. The molecule has 1 aromatic heterocycles. The molecule has 0 saturated carbocycles. The lowest BCUT2D eigenvalue weighted by Crippen LogP contribution is -2.31. The lowest BCUT2D eigenvalue weighted by atomic mass is 10.1. The average Bonchev–Trinajstić information content (AvgIpc) is 3.15. The fourth-order valence-corrected chi connectivity index (χ4v) is 2.41. The van der Waals surface area contributed by atoms with Gasteiger partial charge in [0, 0.05) is 12.6 Å². The van der Waals surface area contributed by atoms with Gasteiger partial charge in [-0.3, -0.25) is 4.79 Å². The molecule has 0 aliphatic rings. The predicted octanol–water partition coefficient (Wildman–Crippen LogP) is 3.09. The zero-order valence-corrected chi connectivity index (χ0v) is 15.5. The third kappa shape index (κ3) is 4.63. The van der Waals surface area contributed by atoms with E-state index in [1.165, 1.54) is 4.90 Å². The van der Waals surface area contributed by atoms with Gasteiger partial charge in [0.1, 0.15) is 0 Å². The molecule has 0 spiro atoms.